The maximum atomic E-state index is 13.7. The highest BCUT2D eigenvalue weighted by Gasteiger charge is 2.28. The summed E-state index contributed by atoms with van der Waals surface area (Å²) in [6.45, 7) is 0.237. The van der Waals surface area contributed by atoms with Crippen LogP contribution in [0.5, 0.6) is 0 Å². The first-order chi connectivity index (χ1) is 14.5. The molecule has 0 radical (unpaired) electrons. The third kappa shape index (κ3) is 4.44. The molecule has 1 aliphatic heterocycles. The zero-order valence-corrected chi connectivity index (χ0v) is 16.6. The van der Waals surface area contributed by atoms with Gasteiger partial charge in [-0.05, 0) is 42.0 Å². The summed E-state index contributed by atoms with van der Waals surface area (Å²) >= 11 is 5.95. The number of carbonyl (C=O) groups is 2. The van der Waals surface area contributed by atoms with Gasteiger partial charge in [0.15, 0.2) is 5.84 Å². The van der Waals surface area contributed by atoms with Crippen molar-refractivity contribution in [2.45, 2.75) is 6.54 Å². The smallest absolute Gasteiger partial charge is 0.260 e. The van der Waals surface area contributed by atoms with Crippen molar-refractivity contribution in [1.82, 2.24) is 4.90 Å². The van der Waals surface area contributed by atoms with Crippen LogP contribution in [0.3, 0.4) is 0 Å². The van der Waals surface area contributed by atoms with Crippen LogP contribution in [-0.2, 0) is 11.3 Å². The predicted octanol–water partition coefficient (Wildman–Crippen LogP) is 4.24. The van der Waals surface area contributed by atoms with Gasteiger partial charge in [-0.3, -0.25) is 9.59 Å². The van der Waals surface area contributed by atoms with Crippen molar-refractivity contribution >= 4 is 35.0 Å². The second-order valence-corrected chi connectivity index (χ2v) is 7.36. The zero-order chi connectivity index (χ0) is 21.1. The normalized spacial score (nSPS) is 17.3. The minimum absolute atomic E-state index is 0.0114. The molecule has 1 atom stereocenters. The van der Waals surface area contributed by atoms with E-state index in [9.17, 15) is 14.0 Å². The number of amides is 2. The van der Waals surface area contributed by atoms with Crippen molar-refractivity contribution in [2.75, 3.05) is 6.54 Å². The SMILES string of the molecule is O=C1N=C(CN(Cc2ccc(Cl)cc2)C(=O)c2cccc(F)c2)N=C2C=CC=CC12. The molecular formula is C23H17ClFN3O2. The number of halogens is 2. The zero-order valence-electron chi connectivity index (χ0n) is 15.8. The van der Waals surface area contributed by atoms with Gasteiger partial charge < -0.3 is 4.90 Å². The number of benzene rings is 2. The number of carbonyl (C=O) groups excluding carboxylic acids is 2. The van der Waals surface area contributed by atoms with Crippen LogP contribution >= 0.6 is 11.6 Å². The summed E-state index contributed by atoms with van der Waals surface area (Å²) in [4.78, 5) is 35.5. The van der Waals surface area contributed by atoms with Gasteiger partial charge in [0, 0.05) is 17.1 Å². The van der Waals surface area contributed by atoms with E-state index in [2.05, 4.69) is 9.98 Å². The van der Waals surface area contributed by atoms with Crippen molar-refractivity contribution in [3.63, 3.8) is 0 Å². The van der Waals surface area contributed by atoms with Gasteiger partial charge in [0.25, 0.3) is 11.8 Å². The Hall–Kier alpha value is -3.38. The summed E-state index contributed by atoms with van der Waals surface area (Å²) in [5.41, 5.74) is 1.63. The topological polar surface area (TPSA) is 62.1 Å². The number of fused-ring (bicyclic) bond motifs is 1. The maximum Gasteiger partial charge on any atom is 0.260 e. The Morgan fingerprint density at radius 3 is 2.63 bits per heavy atom. The number of rotatable bonds is 5. The van der Waals surface area contributed by atoms with E-state index in [0.717, 1.165) is 5.56 Å². The molecule has 1 unspecified atom stereocenters. The predicted molar refractivity (Wildman–Crippen MR) is 114 cm³/mol. The second-order valence-electron chi connectivity index (χ2n) is 6.92. The molecule has 0 bridgehead atoms. The fraction of sp³-hybridized carbons (Fsp3) is 0.130. The minimum Gasteiger partial charge on any atom is -0.327 e. The Morgan fingerprint density at radius 2 is 1.87 bits per heavy atom. The lowest BCUT2D eigenvalue weighted by Gasteiger charge is -2.25. The molecule has 0 saturated carbocycles. The second kappa shape index (κ2) is 8.55. The lowest BCUT2D eigenvalue weighted by molar-refractivity contribution is -0.118. The lowest BCUT2D eigenvalue weighted by atomic mass is 9.96. The molecule has 2 amide bonds. The van der Waals surface area contributed by atoms with Crippen LogP contribution in [0.25, 0.3) is 0 Å². The fourth-order valence-electron chi connectivity index (χ4n) is 3.27. The third-order valence-electron chi connectivity index (χ3n) is 4.74. The molecule has 5 nitrogen and oxygen atoms in total. The van der Waals surface area contributed by atoms with Crippen LogP contribution in [0.2, 0.25) is 5.02 Å². The highest BCUT2D eigenvalue weighted by molar-refractivity contribution is 6.30. The van der Waals surface area contributed by atoms with Crippen molar-refractivity contribution < 1.29 is 14.0 Å². The summed E-state index contributed by atoms with van der Waals surface area (Å²) in [7, 11) is 0. The van der Waals surface area contributed by atoms with Gasteiger partial charge in [0.2, 0.25) is 0 Å². The van der Waals surface area contributed by atoms with Gasteiger partial charge in [-0.2, -0.15) is 4.99 Å². The van der Waals surface area contributed by atoms with Gasteiger partial charge in [0.05, 0.1) is 12.3 Å². The van der Waals surface area contributed by atoms with Gasteiger partial charge in [-0.1, -0.05) is 48.0 Å². The Kier molecular flexibility index (Phi) is 5.68. The quantitative estimate of drug-likeness (QED) is 0.724. The van der Waals surface area contributed by atoms with E-state index in [-0.39, 0.29) is 36.3 Å². The van der Waals surface area contributed by atoms with Crippen LogP contribution in [0, 0.1) is 11.7 Å². The molecule has 2 aromatic rings. The average molecular weight is 422 g/mol. The number of hydrogen-bond acceptors (Lipinski definition) is 3. The van der Waals surface area contributed by atoms with E-state index in [1.807, 2.05) is 0 Å². The summed E-state index contributed by atoms with van der Waals surface area (Å²) in [5, 5.41) is 0.582. The first-order valence-corrected chi connectivity index (χ1v) is 9.71. The van der Waals surface area contributed by atoms with E-state index in [4.69, 9.17) is 11.6 Å². The van der Waals surface area contributed by atoms with Crippen molar-refractivity contribution in [3.8, 4) is 0 Å². The first-order valence-electron chi connectivity index (χ1n) is 9.34. The van der Waals surface area contributed by atoms with E-state index in [0.29, 0.717) is 10.7 Å². The molecule has 2 aliphatic rings. The lowest BCUT2D eigenvalue weighted by Crippen LogP contribution is -2.37. The van der Waals surface area contributed by atoms with Gasteiger partial charge in [-0.15, -0.1) is 0 Å². The van der Waals surface area contributed by atoms with Gasteiger partial charge in [0.1, 0.15) is 11.7 Å². The first kappa shape index (κ1) is 19.9. The summed E-state index contributed by atoms with van der Waals surface area (Å²) in [6.07, 6.45) is 7.08. The van der Waals surface area contributed by atoms with Crippen LogP contribution in [0.4, 0.5) is 4.39 Å². The number of allylic oxidation sites excluding steroid dienone is 3. The molecule has 0 N–H and O–H groups in total. The van der Waals surface area contributed by atoms with Crippen LogP contribution in [0.15, 0.2) is 82.8 Å². The molecule has 30 heavy (non-hydrogen) atoms. The number of nitrogens with zero attached hydrogens (tertiary/aromatic N) is 3. The summed E-state index contributed by atoms with van der Waals surface area (Å²) in [5.74, 6) is -1.45. The van der Waals surface area contributed by atoms with Crippen LogP contribution < -0.4 is 0 Å². The highest BCUT2D eigenvalue weighted by Crippen LogP contribution is 2.19. The molecule has 0 aromatic heterocycles. The third-order valence-corrected chi connectivity index (χ3v) is 4.99. The molecule has 1 aliphatic carbocycles. The fourth-order valence-corrected chi connectivity index (χ4v) is 3.40. The van der Waals surface area contributed by atoms with Crippen molar-refractivity contribution in [1.29, 1.82) is 0 Å². The highest BCUT2D eigenvalue weighted by atomic mass is 35.5. The number of aliphatic imine (C=N–C) groups is 2. The van der Waals surface area contributed by atoms with Crippen LogP contribution in [-0.4, -0.2) is 34.8 Å². The average Bonchev–Trinajstić information content (AvgIpc) is 2.74. The Bertz CT molecular complexity index is 1120. The molecule has 0 saturated heterocycles. The number of amidine groups is 1. The maximum absolute atomic E-state index is 13.7. The van der Waals surface area contributed by atoms with E-state index < -0.39 is 11.7 Å². The summed E-state index contributed by atoms with van der Waals surface area (Å²) < 4.78 is 13.7. The molecule has 0 fully saturated rings. The van der Waals surface area contributed by atoms with Crippen molar-refractivity contribution in [2.24, 2.45) is 15.9 Å². The molecule has 2 aromatic carbocycles. The summed E-state index contributed by atoms with van der Waals surface area (Å²) in [6, 6.07) is 12.6. The molecule has 1 heterocycles. The minimum atomic E-state index is -0.500. The molecule has 4 rings (SSSR count). The van der Waals surface area contributed by atoms with E-state index >= 15 is 0 Å². The largest absolute Gasteiger partial charge is 0.327 e. The molecule has 7 heteroatoms. The van der Waals surface area contributed by atoms with E-state index in [1.54, 1.807) is 54.6 Å². The monoisotopic (exact) mass is 421 g/mol. The van der Waals surface area contributed by atoms with Gasteiger partial charge in [-0.25, -0.2) is 9.38 Å². The standard InChI is InChI=1S/C23H17ClFN3O2/c24-17-10-8-15(9-11-17)13-28(23(30)16-4-3-5-18(25)12-16)14-21-26-20-7-2-1-6-19(20)22(29)27-21/h1-12,19H,13-14H2. The Morgan fingerprint density at radius 1 is 1.07 bits per heavy atom. The molecule has 0 spiro atoms. The molecular weight excluding hydrogens is 405 g/mol. The van der Waals surface area contributed by atoms with Crippen molar-refractivity contribution in [3.05, 3.63) is 94.8 Å². The van der Waals surface area contributed by atoms with E-state index in [1.165, 1.54) is 23.1 Å². The van der Waals surface area contributed by atoms with Crippen LogP contribution in [0.1, 0.15) is 15.9 Å². The Balaban J connectivity index is 1.63. The van der Waals surface area contributed by atoms with Gasteiger partial charge >= 0.3 is 0 Å². The Labute approximate surface area is 177 Å². The molecule has 150 valence electrons. The number of hydrogen-bond donors (Lipinski definition) is 0.